The number of benzene rings is 1. The van der Waals surface area contributed by atoms with Crippen LogP contribution in [-0.2, 0) is 37.3 Å². The number of allylic oxidation sites excluding steroid dienone is 3. The lowest BCUT2D eigenvalue weighted by molar-refractivity contribution is -0.136. The first kappa shape index (κ1) is 40.6. The Balaban J connectivity index is 0.869. The maximum absolute atomic E-state index is 13.9. The topological polar surface area (TPSA) is 175 Å². The van der Waals surface area contributed by atoms with Crippen LogP contribution in [0, 0.1) is 11.8 Å². The second-order valence-corrected chi connectivity index (χ2v) is 19.2. The molecule has 3 fully saturated rings. The minimum absolute atomic E-state index is 0.0750. The summed E-state index contributed by atoms with van der Waals surface area (Å²) in [6, 6.07) is 9.82. The first-order valence-electron chi connectivity index (χ1n) is 21.2. The second-order valence-electron chi connectivity index (χ2n) is 16.9. The monoisotopic (exact) mass is 856 g/mol. The third-order valence-corrected chi connectivity index (χ3v) is 14.6. The molecule has 0 bridgehead atoms. The summed E-state index contributed by atoms with van der Waals surface area (Å²) in [6.07, 6.45) is 14.7. The molecule has 2 amide bonds. The highest BCUT2D eigenvalue weighted by atomic mass is 35.5. The Morgan fingerprint density at radius 2 is 1.83 bits per heavy atom. The van der Waals surface area contributed by atoms with Crippen LogP contribution >= 0.6 is 11.6 Å². The third kappa shape index (κ3) is 9.09. The number of fused-ring (bicyclic) bond motifs is 2. The molecule has 3 atom stereocenters. The zero-order valence-corrected chi connectivity index (χ0v) is 35.2. The molecule has 2 saturated heterocycles. The minimum Gasteiger partial charge on any atom is -0.483 e. The van der Waals surface area contributed by atoms with E-state index in [4.69, 9.17) is 26.8 Å². The maximum Gasteiger partial charge on any atom is 0.264 e. The zero-order valence-electron chi connectivity index (χ0n) is 33.7. The number of carbonyl (C=O) groups is 2. The minimum atomic E-state index is -4.15. The Bertz CT molecular complexity index is 2360. The Morgan fingerprint density at radius 3 is 2.62 bits per heavy atom. The lowest BCUT2D eigenvalue weighted by Gasteiger charge is -2.43. The highest BCUT2D eigenvalue weighted by molar-refractivity contribution is 7.90. The molecule has 3 aliphatic carbocycles. The van der Waals surface area contributed by atoms with Gasteiger partial charge in [0.05, 0.1) is 23.2 Å². The Kier molecular flexibility index (Phi) is 11.7. The van der Waals surface area contributed by atoms with E-state index in [1.54, 1.807) is 24.5 Å². The quantitative estimate of drug-likeness (QED) is 0.206. The highest BCUT2D eigenvalue weighted by Gasteiger charge is 2.40. The number of nitrogens with zero attached hydrogens (tertiary/aromatic N) is 4. The fraction of sp³-hybridized carbons (Fsp3) is 0.477. The molecule has 318 valence electrons. The van der Waals surface area contributed by atoms with Gasteiger partial charge in [-0.15, -0.1) is 0 Å². The van der Waals surface area contributed by atoms with Crippen molar-refractivity contribution in [1.82, 2.24) is 34.7 Å². The van der Waals surface area contributed by atoms with E-state index in [2.05, 4.69) is 40.8 Å². The number of rotatable bonds is 12. The number of piperazine rings is 1. The van der Waals surface area contributed by atoms with Crippen LogP contribution in [0.1, 0.15) is 49.7 Å². The molecule has 3 aliphatic heterocycles. The van der Waals surface area contributed by atoms with Crippen molar-refractivity contribution in [3.05, 3.63) is 106 Å². The summed E-state index contributed by atoms with van der Waals surface area (Å²) < 4.78 is 41.7. The van der Waals surface area contributed by atoms with Crippen molar-refractivity contribution in [2.75, 3.05) is 52.5 Å². The van der Waals surface area contributed by atoms with Crippen LogP contribution in [-0.4, -0.2) is 115 Å². The number of aromatic nitrogens is 2. The summed E-state index contributed by atoms with van der Waals surface area (Å²) in [7, 11) is -4.15. The number of aromatic amines is 1. The molecule has 6 aliphatic rings. The van der Waals surface area contributed by atoms with Crippen LogP contribution < -0.4 is 20.5 Å². The number of amides is 2. The summed E-state index contributed by atoms with van der Waals surface area (Å²) in [4.78, 5) is 41.8. The van der Waals surface area contributed by atoms with Gasteiger partial charge < -0.3 is 35.3 Å². The van der Waals surface area contributed by atoms with Gasteiger partial charge in [-0.2, -0.15) is 0 Å². The molecule has 9 rings (SSSR count). The van der Waals surface area contributed by atoms with Crippen molar-refractivity contribution in [2.45, 2.75) is 68.9 Å². The predicted octanol–water partition coefficient (Wildman–Crippen LogP) is 4.12. The Morgan fingerprint density at radius 1 is 1.02 bits per heavy atom. The van der Waals surface area contributed by atoms with Gasteiger partial charge in [0.2, 0.25) is 15.9 Å². The zero-order chi connectivity index (χ0) is 41.4. The van der Waals surface area contributed by atoms with Crippen LogP contribution in [0.4, 0.5) is 0 Å². The van der Waals surface area contributed by atoms with Crippen LogP contribution in [0.15, 0.2) is 89.7 Å². The number of nitrogens with one attached hydrogen (secondary N) is 3. The summed E-state index contributed by atoms with van der Waals surface area (Å²) in [6.45, 7) is 6.72. The predicted molar refractivity (Wildman–Crippen MR) is 229 cm³/mol. The van der Waals surface area contributed by atoms with Gasteiger partial charge in [-0.1, -0.05) is 23.7 Å². The smallest absolute Gasteiger partial charge is 0.264 e. The van der Waals surface area contributed by atoms with Gasteiger partial charge >= 0.3 is 0 Å². The number of pyridine rings is 1. The van der Waals surface area contributed by atoms with E-state index < -0.39 is 27.3 Å². The van der Waals surface area contributed by atoms with Gasteiger partial charge in [0.15, 0.2) is 0 Å². The van der Waals surface area contributed by atoms with Gasteiger partial charge in [-0.25, -0.2) is 18.1 Å². The second kappa shape index (κ2) is 17.3. The molecule has 0 spiro atoms. The number of hydrogen-bond donors (Lipinski definition) is 4. The largest absolute Gasteiger partial charge is 0.483 e. The number of sulfonamides is 1. The number of nitrogens with two attached hydrogens (primary N) is 1. The summed E-state index contributed by atoms with van der Waals surface area (Å²) in [5.41, 5.74) is 11.7. The van der Waals surface area contributed by atoms with Gasteiger partial charge in [-0.05, 0) is 98.1 Å². The van der Waals surface area contributed by atoms with Crippen molar-refractivity contribution >= 4 is 44.5 Å². The lowest BCUT2D eigenvalue weighted by atomic mass is 9.93. The number of H-pyrrole nitrogens is 1. The van der Waals surface area contributed by atoms with E-state index >= 15 is 0 Å². The molecular formula is C44H53ClN8O6S. The van der Waals surface area contributed by atoms with E-state index in [0.717, 1.165) is 101 Å². The molecule has 14 nitrogen and oxygen atoms in total. The third-order valence-electron chi connectivity index (χ3n) is 12.8. The van der Waals surface area contributed by atoms with E-state index in [1.165, 1.54) is 17.2 Å². The molecule has 0 radical (unpaired) electrons. The first-order valence-corrected chi connectivity index (χ1v) is 23.1. The molecule has 3 aromatic rings. The normalized spacial score (nSPS) is 24.2. The number of hydrogen-bond acceptors (Lipinski definition) is 11. The summed E-state index contributed by atoms with van der Waals surface area (Å²) >= 11 is 6.38. The lowest BCUT2D eigenvalue weighted by Crippen LogP contribution is -2.54. The van der Waals surface area contributed by atoms with Crippen molar-refractivity contribution < 1.29 is 27.5 Å². The number of halogens is 1. The van der Waals surface area contributed by atoms with Crippen LogP contribution in [0.5, 0.6) is 5.75 Å². The molecular weight excluding hydrogens is 804 g/mol. The highest BCUT2D eigenvalue weighted by Crippen LogP contribution is 2.36. The Hall–Kier alpha value is -4.83. The van der Waals surface area contributed by atoms with Gasteiger partial charge in [0, 0.05) is 99.7 Å². The number of carbonyl (C=O) groups excluding carboxylic acids is 2. The average Bonchev–Trinajstić information content (AvgIpc) is 4.00. The van der Waals surface area contributed by atoms with Crippen molar-refractivity contribution in [2.24, 2.45) is 17.6 Å². The standard InChI is InChI=1S/C44H53ClN8O6S/c45-33-4-3-31-26-53(44(55)29-1-2-29)35(20-32(31)19-33)27-51-13-15-52(16-14-51)34-5-7-38(41(22-34)59-36-21-30-9-12-47-42(30)49-25-36)43(54)50-60(56,57)37-6-8-40(39(46)23-37)48-24-28-10-17-58-18-11-28/h3-5,7-9,12,19,21,23,25,28-29,35,37,41,48H,1-2,6,10-11,13-18,20,22,24,26-27,46H2,(H,47,49)(H,50,54). The van der Waals surface area contributed by atoms with E-state index in [9.17, 15) is 18.0 Å². The van der Waals surface area contributed by atoms with E-state index in [0.29, 0.717) is 41.7 Å². The number of ether oxygens (including phenoxy) is 2. The van der Waals surface area contributed by atoms with E-state index in [-0.39, 0.29) is 29.9 Å². The van der Waals surface area contributed by atoms with Crippen LogP contribution in [0.2, 0.25) is 5.02 Å². The van der Waals surface area contributed by atoms with Gasteiger partial charge in [-0.3, -0.25) is 14.5 Å². The molecule has 5 N–H and O–H groups in total. The van der Waals surface area contributed by atoms with Crippen molar-refractivity contribution in [3.8, 4) is 5.75 Å². The fourth-order valence-corrected chi connectivity index (χ4v) is 10.5. The first-order chi connectivity index (χ1) is 29.1. The molecule has 5 heterocycles. The fourth-order valence-electron chi connectivity index (χ4n) is 9.06. The molecule has 3 unspecified atom stereocenters. The van der Waals surface area contributed by atoms with Crippen LogP contribution in [0.3, 0.4) is 0 Å². The van der Waals surface area contributed by atoms with Gasteiger partial charge in [0.1, 0.15) is 22.8 Å². The van der Waals surface area contributed by atoms with Crippen molar-refractivity contribution in [1.29, 1.82) is 0 Å². The SMILES string of the molecule is NC1=CC(S(=O)(=O)NC(=O)C2=CC=C(N3CCN(CC4Cc5cc(Cl)ccc5CN4C(=O)C4CC4)CC3)CC2Oc2cnc3[nH]ccc3c2)CC=C1NCC1CCOCC1. The molecule has 60 heavy (non-hydrogen) atoms. The molecule has 1 saturated carbocycles. The van der Waals surface area contributed by atoms with Crippen LogP contribution in [0.25, 0.3) is 11.0 Å². The molecule has 16 heteroatoms. The summed E-state index contributed by atoms with van der Waals surface area (Å²) in [5.74, 6) is 0.608. The van der Waals surface area contributed by atoms with E-state index in [1.807, 2.05) is 30.3 Å². The maximum atomic E-state index is 13.9. The molecule has 2 aromatic heterocycles. The Labute approximate surface area is 355 Å². The van der Waals surface area contributed by atoms with Gasteiger partial charge in [0.25, 0.3) is 5.91 Å². The average molecular weight is 857 g/mol. The van der Waals surface area contributed by atoms with Crippen molar-refractivity contribution in [3.63, 3.8) is 0 Å². The molecule has 1 aromatic carbocycles. The summed E-state index contributed by atoms with van der Waals surface area (Å²) in [5, 5.41) is 3.94.